The normalized spacial score (nSPS) is 14.4. The lowest BCUT2D eigenvalue weighted by atomic mass is 10.2. The van der Waals surface area contributed by atoms with Crippen LogP contribution in [0.3, 0.4) is 0 Å². The van der Waals surface area contributed by atoms with Crippen LogP contribution in [0.15, 0.2) is 28.8 Å². The lowest BCUT2D eigenvalue weighted by Gasteiger charge is -1.95. The molecule has 0 amide bonds. The third kappa shape index (κ3) is 2.77. The van der Waals surface area contributed by atoms with E-state index in [4.69, 9.17) is 10.3 Å². The fourth-order valence-corrected chi connectivity index (χ4v) is 1.71. The van der Waals surface area contributed by atoms with Crippen molar-refractivity contribution in [1.82, 2.24) is 10.1 Å². The maximum Gasteiger partial charge on any atom is 0.257 e. The highest BCUT2D eigenvalue weighted by molar-refractivity contribution is 5.85. The van der Waals surface area contributed by atoms with Crippen molar-refractivity contribution in [3.8, 4) is 11.5 Å². The number of nitrogens with two attached hydrogens (primary N) is 1. The quantitative estimate of drug-likeness (QED) is 0.852. The Morgan fingerprint density at radius 2 is 2.18 bits per heavy atom. The van der Waals surface area contributed by atoms with Gasteiger partial charge in [-0.25, -0.2) is 0 Å². The van der Waals surface area contributed by atoms with Crippen molar-refractivity contribution in [2.75, 3.05) is 5.73 Å². The SMILES string of the molecule is Cl.Nc1cccc(-c2nc(CC3CC3)no2)c1. The molecule has 90 valence electrons. The molecule has 0 atom stereocenters. The van der Waals surface area contributed by atoms with Crippen molar-refractivity contribution in [1.29, 1.82) is 0 Å². The summed E-state index contributed by atoms with van der Waals surface area (Å²) in [5, 5.41) is 3.98. The van der Waals surface area contributed by atoms with E-state index >= 15 is 0 Å². The summed E-state index contributed by atoms with van der Waals surface area (Å²) in [6, 6.07) is 7.49. The third-order valence-corrected chi connectivity index (χ3v) is 2.77. The number of halogens is 1. The molecule has 0 bridgehead atoms. The van der Waals surface area contributed by atoms with Crippen LogP contribution >= 0.6 is 12.4 Å². The number of aromatic nitrogens is 2. The van der Waals surface area contributed by atoms with Gasteiger partial charge in [0.25, 0.3) is 5.89 Å². The first kappa shape index (κ1) is 11.9. The van der Waals surface area contributed by atoms with E-state index in [0.717, 1.165) is 23.7 Å². The van der Waals surface area contributed by atoms with Crippen LogP contribution in [0.4, 0.5) is 5.69 Å². The smallest absolute Gasteiger partial charge is 0.257 e. The van der Waals surface area contributed by atoms with E-state index < -0.39 is 0 Å². The van der Waals surface area contributed by atoms with Gasteiger partial charge in [-0.1, -0.05) is 11.2 Å². The van der Waals surface area contributed by atoms with E-state index in [9.17, 15) is 0 Å². The molecular formula is C12H14ClN3O. The molecule has 1 aliphatic carbocycles. The largest absolute Gasteiger partial charge is 0.399 e. The minimum Gasteiger partial charge on any atom is -0.399 e. The Morgan fingerprint density at radius 1 is 1.35 bits per heavy atom. The summed E-state index contributed by atoms with van der Waals surface area (Å²) in [5.74, 6) is 2.13. The molecule has 2 N–H and O–H groups in total. The Kier molecular flexibility index (Phi) is 3.33. The maximum absolute atomic E-state index is 5.70. The van der Waals surface area contributed by atoms with E-state index in [-0.39, 0.29) is 12.4 Å². The lowest BCUT2D eigenvalue weighted by molar-refractivity contribution is 0.421. The van der Waals surface area contributed by atoms with Gasteiger partial charge < -0.3 is 10.3 Å². The second-order valence-electron chi connectivity index (χ2n) is 4.29. The zero-order valence-electron chi connectivity index (χ0n) is 9.30. The van der Waals surface area contributed by atoms with Gasteiger partial charge >= 0.3 is 0 Å². The van der Waals surface area contributed by atoms with Gasteiger partial charge in [0.05, 0.1) is 0 Å². The van der Waals surface area contributed by atoms with Crippen molar-refractivity contribution in [3.63, 3.8) is 0 Å². The van der Waals surface area contributed by atoms with Crippen molar-refractivity contribution in [2.24, 2.45) is 5.92 Å². The number of hydrogen-bond acceptors (Lipinski definition) is 4. The number of rotatable bonds is 3. The number of anilines is 1. The fraction of sp³-hybridized carbons (Fsp3) is 0.333. The summed E-state index contributed by atoms with van der Waals surface area (Å²) in [5.41, 5.74) is 7.30. The summed E-state index contributed by atoms with van der Waals surface area (Å²) < 4.78 is 5.22. The van der Waals surface area contributed by atoms with E-state index in [2.05, 4.69) is 10.1 Å². The monoisotopic (exact) mass is 251 g/mol. The standard InChI is InChI=1S/C12H13N3O.ClH/c13-10-3-1-2-9(7-10)12-14-11(15-16-12)6-8-4-5-8;/h1-3,7-8H,4-6,13H2;1H. The first-order chi connectivity index (χ1) is 7.81. The highest BCUT2D eigenvalue weighted by Crippen LogP contribution is 2.32. The van der Waals surface area contributed by atoms with Crippen LogP contribution < -0.4 is 5.73 Å². The van der Waals surface area contributed by atoms with E-state index in [1.165, 1.54) is 12.8 Å². The molecule has 1 aromatic heterocycles. The Morgan fingerprint density at radius 3 is 2.88 bits per heavy atom. The molecule has 1 heterocycles. The van der Waals surface area contributed by atoms with Crippen LogP contribution in [0, 0.1) is 5.92 Å². The summed E-state index contributed by atoms with van der Waals surface area (Å²) in [6.07, 6.45) is 3.52. The van der Waals surface area contributed by atoms with Crippen LogP contribution in [-0.2, 0) is 6.42 Å². The molecule has 1 fully saturated rings. The highest BCUT2D eigenvalue weighted by Gasteiger charge is 2.24. The zero-order chi connectivity index (χ0) is 11.0. The Labute approximate surface area is 106 Å². The minimum atomic E-state index is 0. The van der Waals surface area contributed by atoms with Crippen molar-refractivity contribution < 1.29 is 4.52 Å². The Bertz CT molecular complexity index is 508. The number of nitrogens with zero attached hydrogens (tertiary/aromatic N) is 2. The second kappa shape index (κ2) is 4.75. The molecule has 0 aliphatic heterocycles. The average molecular weight is 252 g/mol. The number of benzene rings is 1. The molecule has 3 rings (SSSR count). The third-order valence-electron chi connectivity index (χ3n) is 2.77. The van der Waals surface area contributed by atoms with Gasteiger partial charge in [-0.15, -0.1) is 12.4 Å². The fourth-order valence-electron chi connectivity index (χ4n) is 1.71. The molecule has 1 saturated carbocycles. The summed E-state index contributed by atoms with van der Waals surface area (Å²) in [6.45, 7) is 0. The number of nitrogen functional groups attached to an aromatic ring is 1. The summed E-state index contributed by atoms with van der Waals surface area (Å²) >= 11 is 0. The van der Waals surface area contributed by atoms with Crippen molar-refractivity contribution in [3.05, 3.63) is 30.1 Å². The molecule has 17 heavy (non-hydrogen) atoms. The molecule has 4 nitrogen and oxygen atoms in total. The van der Waals surface area contributed by atoms with Gasteiger partial charge in [0, 0.05) is 17.7 Å². The van der Waals surface area contributed by atoms with E-state index in [0.29, 0.717) is 11.6 Å². The molecule has 1 aliphatic rings. The summed E-state index contributed by atoms with van der Waals surface area (Å²) in [4.78, 5) is 4.37. The molecule has 0 saturated heterocycles. The van der Waals surface area contributed by atoms with Gasteiger partial charge in [-0.05, 0) is 37.0 Å². The maximum atomic E-state index is 5.70. The topological polar surface area (TPSA) is 64.9 Å². The molecule has 0 unspecified atom stereocenters. The van der Waals surface area contributed by atoms with Crippen LogP contribution in [0.2, 0.25) is 0 Å². The van der Waals surface area contributed by atoms with Gasteiger partial charge in [0.15, 0.2) is 5.82 Å². The molecule has 5 heteroatoms. The van der Waals surface area contributed by atoms with Crippen LogP contribution in [-0.4, -0.2) is 10.1 Å². The molecular weight excluding hydrogens is 238 g/mol. The molecule has 1 aromatic carbocycles. The molecule has 0 spiro atoms. The average Bonchev–Trinajstić information content (AvgIpc) is 2.94. The predicted octanol–water partition coefficient (Wildman–Crippen LogP) is 2.69. The molecule has 0 radical (unpaired) electrons. The van der Waals surface area contributed by atoms with Gasteiger partial charge in [0.2, 0.25) is 0 Å². The van der Waals surface area contributed by atoms with Gasteiger partial charge in [-0.2, -0.15) is 4.98 Å². The van der Waals surface area contributed by atoms with Gasteiger partial charge in [-0.3, -0.25) is 0 Å². The Hall–Kier alpha value is -1.55. The predicted molar refractivity (Wildman–Crippen MR) is 67.8 cm³/mol. The molecule has 2 aromatic rings. The first-order valence-electron chi connectivity index (χ1n) is 5.50. The summed E-state index contributed by atoms with van der Waals surface area (Å²) in [7, 11) is 0. The minimum absolute atomic E-state index is 0. The first-order valence-corrected chi connectivity index (χ1v) is 5.50. The van der Waals surface area contributed by atoms with Crippen molar-refractivity contribution in [2.45, 2.75) is 19.3 Å². The zero-order valence-corrected chi connectivity index (χ0v) is 10.1. The van der Waals surface area contributed by atoms with Crippen molar-refractivity contribution >= 4 is 18.1 Å². The number of hydrogen-bond donors (Lipinski definition) is 1. The second-order valence-corrected chi connectivity index (χ2v) is 4.29. The van der Waals surface area contributed by atoms with E-state index in [1.807, 2.05) is 24.3 Å². The Balaban J connectivity index is 0.00000108. The van der Waals surface area contributed by atoms with Crippen LogP contribution in [0.5, 0.6) is 0 Å². The van der Waals surface area contributed by atoms with Gasteiger partial charge in [0.1, 0.15) is 0 Å². The van der Waals surface area contributed by atoms with Crippen LogP contribution in [0.1, 0.15) is 18.7 Å². The lowest BCUT2D eigenvalue weighted by Crippen LogP contribution is -1.89. The highest BCUT2D eigenvalue weighted by atomic mass is 35.5. The van der Waals surface area contributed by atoms with E-state index in [1.54, 1.807) is 0 Å². The van der Waals surface area contributed by atoms with Crippen LogP contribution in [0.25, 0.3) is 11.5 Å².